The Morgan fingerprint density at radius 2 is 2.06 bits per heavy atom. The van der Waals surface area contributed by atoms with Gasteiger partial charge in [0.05, 0.1) is 6.07 Å². The number of rotatable bonds is 4. The maximum atomic E-state index is 9.16. The molecule has 0 radical (unpaired) electrons. The van der Waals surface area contributed by atoms with E-state index >= 15 is 0 Å². The molecule has 1 unspecified atom stereocenters. The van der Waals surface area contributed by atoms with Gasteiger partial charge in [0.15, 0.2) is 0 Å². The zero-order chi connectivity index (χ0) is 12.8. The van der Waals surface area contributed by atoms with Crippen molar-refractivity contribution >= 4 is 0 Å². The minimum atomic E-state index is -0.319. The predicted molar refractivity (Wildman–Crippen MR) is 70.6 cm³/mol. The van der Waals surface area contributed by atoms with Crippen molar-refractivity contribution in [2.45, 2.75) is 19.5 Å². The van der Waals surface area contributed by atoms with Crippen molar-refractivity contribution in [2.24, 2.45) is 0 Å². The van der Waals surface area contributed by atoms with Gasteiger partial charge in [0.25, 0.3) is 0 Å². The second kappa shape index (κ2) is 5.95. The monoisotopic (exact) mass is 237 g/mol. The average Bonchev–Trinajstić information content (AvgIpc) is 2.43. The first kappa shape index (κ1) is 12.3. The molecular formula is C15H15N3. The molecule has 1 aromatic heterocycles. The van der Waals surface area contributed by atoms with Crippen LogP contribution in [0, 0.1) is 18.3 Å². The Hall–Kier alpha value is -2.18. The molecule has 0 saturated carbocycles. The Balaban J connectivity index is 2.00. The number of benzene rings is 1. The van der Waals surface area contributed by atoms with Crippen LogP contribution in [-0.4, -0.2) is 4.98 Å². The van der Waals surface area contributed by atoms with Crippen molar-refractivity contribution < 1.29 is 0 Å². The van der Waals surface area contributed by atoms with Gasteiger partial charge in [-0.05, 0) is 18.6 Å². The number of nitrogens with zero attached hydrogens (tertiary/aromatic N) is 2. The average molecular weight is 237 g/mol. The van der Waals surface area contributed by atoms with Crippen molar-refractivity contribution in [3.05, 3.63) is 65.5 Å². The fourth-order valence-electron chi connectivity index (χ4n) is 1.71. The minimum absolute atomic E-state index is 0.319. The lowest BCUT2D eigenvalue weighted by Gasteiger charge is -2.11. The van der Waals surface area contributed by atoms with E-state index in [4.69, 9.17) is 5.26 Å². The molecule has 1 N–H and O–H groups in total. The van der Waals surface area contributed by atoms with E-state index in [1.807, 2.05) is 12.1 Å². The van der Waals surface area contributed by atoms with E-state index in [9.17, 15) is 0 Å². The highest BCUT2D eigenvalue weighted by Gasteiger charge is 2.09. The highest BCUT2D eigenvalue weighted by atomic mass is 14.9. The normalized spacial score (nSPS) is 11.8. The van der Waals surface area contributed by atoms with Gasteiger partial charge in [0.1, 0.15) is 6.04 Å². The number of hydrogen-bond donors (Lipinski definition) is 1. The molecule has 0 spiro atoms. The molecule has 0 aliphatic rings. The molecule has 0 bridgehead atoms. The summed E-state index contributed by atoms with van der Waals surface area (Å²) >= 11 is 0. The van der Waals surface area contributed by atoms with Crippen molar-refractivity contribution in [3.63, 3.8) is 0 Å². The summed E-state index contributed by atoms with van der Waals surface area (Å²) in [6, 6.07) is 14.0. The third kappa shape index (κ3) is 3.16. The van der Waals surface area contributed by atoms with Gasteiger partial charge in [-0.2, -0.15) is 5.26 Å². The summed E-state index contributed by atoms with van der Waals surface area (Å²) in [6.07, 6.45) is 3.42. The molecular weight excluding hydrogens is 222 g/mol. The highest BCUT2D eigenvalue weighted by molar-refractivity contribution is 5.23. The lowest BCUT2D eigenvalue weighted by Crippen LogP contribution is -2.19. The zero-order valence-corrected chi connectivity index (χ0v) is 10.3. The standard InChI is InChI=1S/C15H15N3/c1-12-4-6-13(7-5-12)10-18-15(9-16)14-3-2-8-17-11-14/h2-8,11,15,18H,10H2,1H3. The molecule has 0 aliphatic heterocycles. The molecule has 1 heterocycles. The summed E-state index contributed by atoms with van der Waals surface area (Å²) in [6.45, 7) is 2.73. The van der Waals surface area contributed by atoms with Crippen molar-refractivity contribution in [3.8, 4) is 6.07 Å². The summed E-state index contributed by atoms with van der Waals surface area (Å²) in [5, 5.41) is 12.4. The molecule has 0 fully saturated rings. The third-order valence-corrected chi connectivity index (χ3v) is 2.78. The molecule has 2 aromatic rings. The molecule has 1 atom stereocenters. The molecule has 2 rings (SSSR count). The second-order valence-electron chi connectivity index (χ2n) is 4.21. The van der Waals surface area contributed by atoms with E-state index in [1.54, 1.807) is 12.4 Å². The summed E-state index contributed by atoms with van der Waals surface area (Å²) in [7, 11) is 0. The van der Waals surface area contributed by atoms with Crippen molar-refractivity contribution in [2.75, 3.05) is 0 Å². The zero-order valence-electron chi connectivity index (χ0n) is 10.3. The van der Waals surface area contributed by atoms with E-state index in [0.29, 0.717) is 6.54 Å². The largest absolute Gasteiger partial charge is 0.294 e. The predicted octanol–water partition coefficient (Wildman–Crippen LogP) is 2.74. The molecule has 1 aromatic carbocycles. The number of aromatic nitrogens is 1. The Kier molecular flexibility index (Phi) is 4.06. The van der Waals surface area contributed by atoms with Gasteiger partial charge in [0, 0.05) is 24.5 Å². The van der Waals surface area contributed by atoms with Gasteiger partial charge >= 0.3 is 0 Å². The van der Waals surface area contributed by atoms with Gasteiger partial charge in [-0.25, -0.2) is 0 Å². The van der Waals surface area contributed by atoms with Crippen LogP contribution in [0.2, 0.25) is 0 Å². The van der Waals surface area contributed by atoms with E-state index in [2.05, 4.69) is 47.6 Å². The Morgan fingerprint density at radius 1 is 1.28 bits per heavy atom. The van der Waals surface area contributed by atoms with Crippen LogP contribution >= 0.6 is 0 Å². The van der Waals surface area contributed by atoms with Gasteiger partial charge in [-0.15, -0.1) is 0 Å². The van der Waals surface area contributed by atoms with Crippen LogP contribution in [0.3, 0.4) is 0 Å². The summed E-state index contributed by atoms with van der Waals surface area (Å²) in [4.78, 5) is 4.03. The Morgan fingerprint density at radius 3 is 2.67 bits per heavy atom. The number of nitriles is 1. The van der Waals surface area contributed by atoms with Crippen molar-refractivity contribution in [1.82, 2.24) is 10.3 Å². The van der Waals surface area contributed by atoms with Gasteiger partial charge in [-0.3, -0.25) is 10.3 Å². The first-order valence-electron chi connectivity index (χ1n) is 5.88. The van der Waals surface area contributed by atoms with Gasteiger partial charge in [0.2, 0.25) is 0 Å². The van der Waals surface area contributed by atoms with Crippen LogP contribution < -0.4 is 5.32 Å². The van der Waals surface area contributed by atoms with E-state index < -0.39 is 0 Å². The highest BCUT2D eigenvalue weighted by Crippen LogP contribution is 2.11. The van der Waals surface area contributed by atoms with Gasteiger partial charge in [-0.1, -0.05) is 35.9 Å². The molecule has 0 aliphatic carbocycles. The topological polar surface area (TPSA) is 48.7 Å². The van der Waals surface area contributed by atoms with Crippen LogP contribution in [0.5, 0.6) is 0 Å². The lowest BCUT2D eigenvalue weighted by molar-refractivity contribution is 0.628. The fraction of sp³-hybridized carbons (Fsp3) is 0.200. The van der Waals surface area contributed by atoms with Crippen LogP contribution in [0.25, 0.3) is 0 Å². The number of pyridine rings is 1. The summed E-state index contributed by atoms with van der Waals surface area (Å²) in [5.74, 6) is 0. The SMILES string of the molecule is Cc1ccc(CNC(C#N)c2cccnc2)cc1. The quantitative estimate of drug-likeness (QED) is 0.889. The Bertz CT molecular complexity index is 526. The maximum Gasteiger partial charge on any atom is 0.123 e. The fourth-order valence-corrected chi connectivity index (χ4v) is 1.71. The van der Waals surface area contributed by atoms with Crippen molar-refractivity contribution in [1.29, 1.82) is 5.26 Å². The molecule has 0 saturated heterocycles. The van der Waals surface area contributed by atoms with E-state index in [-0.39, 0.29) is 6.04 Å². The third-order valence-electron chi connectivity index (χ3n) is 2.78. The van der Waals surface area contributed by atoms with E-state index in [1.165, 1.54) is 11.1 Å². The molecule has 3 heteroatoms. The van der Waals surface area contributed by atoms with Crippen LogP contribution in [0.4, 0.5) is 0 Å². The first-order valence-corrected chi connectivity index (χ1v) is 5.88. The second-order valence-corrected chi connectivity index (χ2v) is 4.21. The smallest absolute Gasteiger partial charge is 0.123 e. The lowest BCUT2D eigenvalue weighted by atomic mass is 10.1. The number of nitrogens with one attached hydrogen (secondary N) is 1. The van der Waals surface area contributed by atoms with Crippen LogP contribution in [0.1, 0.15) is 22.7 Å². The summed E-state index contributed by atoms with van der Waals surface area (Å²) in [5.41, 5.74) is 3.31. The first-order chi connectivity index (χ1) is 8.79. The maximum absolute atomic E-state index is 9.16. The summed E-state index contributed by atoms with van der Waals surface area (Å²) < 4.78 is 0. The minimum Gasteiger partial charge on any atom is -0.294 e. The van der Waals surface area contributed by atoms with Crippen LogP contribution in [0.15, 0.2) is 48.8 Å². The molecule has 18 heavy (non-hydrogen) atoms. The molecule has 90 valence electrons. The van der Waals surface area contributed by atoms with Crippen LogP contribution in [-0.2, 0) is 6.54 Å². The number of hydrogen-bond acceptors (Lipinski definition) is 3. The van der Waals surface area contributed by atoms with Gasteiger partial charge < -0.3 is 0 Å². The molecule has 3 nitrogen and oxygen atoms in total. The Labute approximate surface area is 107 Å². The molecule has 0 amide bonds. The van der Waals surface area contributed by atoms with E-state index in [0.717, 1.165) is 5.56 Å². The number of aryl methyl sites for hydroxylation is 1.